The van der Waals surface area contributed by atoms with Gasteiger partial charge in [-0.25, -0.2) is 0 Å². The molecule has 0 bridgehead atoms. The fraction of sp³-hybridized carbons (Fsp3) is 0.619. The normalized spacial score (nSPS) is 19.2. The van der Waals surface area contributed by atoms with Gasteiger partial charge in [0.2, 0.25) is 0 Å². The Kier molecular flexibility index (Phi) is 7.94. The lowest BCUT2D eigenvalue weighted by Gasteiger charge is -2.38. The molecule has 1 saturated carbocycles. The Balaban J connectivity index is 0.00000261. The van der Waals surface area contributed by atoms with Crippen LogP contribution in [0.25, 0.3) is 0 Å². The minimum atomic E-state index is -0.00273. The maximum atomic E-state index is 12.3. The van der Waals surface area contributed by atoms with Gasteiger partial charge in [-0.1, -0.05) is 25.5 Å². The van der Waals surface area contributed by atoms with E-state index < -0.39 is 0 Å². The lowest BCUT2D eigenvalue weighted by molar-refractivity contribution is 0.0939. The summed E-state index contributed by atoms with van der Waals surface area (Å²) < 4.78 is 0. The van der Waals surface area contributed by atoms with Crippen molar-refractivity contribution in [2.45, 2.75) is 58.5 Å². The van der Waals surface area contributed by atoms with Crippen molar-refractivity contribution in [1.29, 1.82) is 0 Å². The van der Waals surface area contributed by atoms with E-state index in [-0.39, 0.29) is 35.9 Å². The van der Waals surface area contributed by atoms with Gasteiger partial charge >= 0.3 is 0 Å². The molecule has 1 saturated heterocycles. The van der Waals surface area contributed by atoms with Crippen LogP contribution in [0.1, 0.15) is 61.9 Å². The highest BCUT2D eigenvalue weighted by molar-refractivity contribution is 14.0. The van der Waals surface area contributed by atoms with E-state index in [4.69, 9.17) is 0 Å². The quantitative estimate of drug-likeness (QED) is 0.380. The van der Waals surface area contributed by atoms with Crippen LogP contribution in [0.2, 0.25) is 0 Å². The first-order valence-corrected chi connectivity index (χ1v) is 9.91. The third kappa shape index (κ3) is 5.36. The first kappa shape index (κ1) is 22.0. The first-order valence-electron chi connectivity index (χ1n) is 9.91. The van der Waals surface area contributed by atoms with Gasteiger partial charge in [0, 0.05) is 38.3 Å². The van der Waals surface area contributed by atoms with Crippen LogP contribution in [0.15, 0.2) is 29.3 Å². The number of carbonyl (C=O) groups is 1. The number of aliphatic imine (C=N–C) groups is 1. The second-order valence-corrected chi connectivity index (χ2v) is 7.91. The third-order valence-corrected chi connectivity index (χ3v) is 5.99. The molecule has 2 N–H and O–H groups in total. The minimum Gasteiger partial charge on any atom is -0.352 e. The van der Waals surface area contributed by atoms with Crippen LogP contribution in [0.3, 0.4) is 0 Å². The zero-order valence-electron chi connectivity index (χ0n) is 16.8. The summed E-state index contributed by atoms with van der Waals surface area (Å²) in [4.78, 5) is 19.2. The minimum absolute atomic E-state index is 0. The molecular weight excluding hydrogens is 451 g/mol. The van der Waals surface area contributed by atoms with Crippen LogP contribution in [0, 0.1) is 5.41 Å². The van der Waals surface area contributed by atoms with E-state index in [1.165, 1.54) is 25.7 Å². The molecule has 6 heteroatoms. The molecule has 1 unspecified atom stereocenters. The number of rotatable bonds is 5. The van der Waals surface area contributed by atoms with Gasteiger partial charge in [0.15, 0.2) is 5.96 Å². The van der Waals surface area contributed by atoms with Crippen molar-refractivity contribution in [3.8, 4) is 0 Å². The number of nitrogens with one attached hydrogen (secondary N) is 2. The first-order chi connectivity index (χ1) is 12.5. The molecule has 1 atom stereocenters. The molecule has 1 aromatic carbocycles. The van der Waals surface area contributed by atoms with Gasteiger partial charge in [-0.3, -0.25) is 9.79 Å². The van der Waals surface area contributed by atoms with Gasteiger partial charge in [0.25, 0.3) is 5.91 Å². The predicted octanol–water partition coefficient (Wildman–Crippen LogP) is 3.78. The largest absolute Gasteiger partial charge is 0.352 e. The molecule has 2 fully saturated rings. The highest BCUT2D eigenvalue weighted by atomic mass is 127. The Bertz CT molecular complexity index is 672. The highest BCUT2D eigenvalue weighted by Crippen LogP contribution is 2.47. The van der Waals surface area contributed by atoms with Crippen LogP contribution in [-0.2, 0) is 6.54 Å². The lowest BCUT2D eigenvalue weighted by atomic mass is 9.68. The molecular formula is C21H33IN4O. The van der Waals surface area contributed by atoms with E-state index in [1.54, 1.807) is 0 Å². The molecule has 0 radical (unpaired) electrons. The van der Waals surface area contributed by atoms with Crippen molar-refractivity contribution in [1.82, 2.24) is 15.5 Å². The summed E-state index contributed by atoms with van der Waals surface area (Å²) in [7, 11) is 1.85. The Morgan fingerprint density at radius 3 is 2.70 bits per heavy atom. The predicted molar refractivity (Wildman–Crippen MR) is 122 cm³/mol. The SMILES string of the molecule is CCC(C)NC(=O)c1cccc(CNC(=NC)N2CCC3(CCC3)C2)c1.I. The summed E-state index contributed by atoms with van der Waals surface area (Å²) in [5.74, 6) is 0.972. The van der Waals surface area contributed by atoms with Gasteiger partial charge in [-0.2, -0.15) is 0 Å². The lowest BCUT2D eigenvalue weighted by Crippen LogP contribution is -2.42. The Morgan fingerprint density at radius 1 is 1.33 bits per heavy atom. The molecule has 1 amide bonds. The molecule has 1 aromatic rings. The summed E-state index contributed by atoms with van der Waals surface area (Å²) in [5, 5.41) is 6.50. The third-order valence-electron chi connectivity index (χ3n) is 5.99. The number of nitrogens with zero attached hydrogens (tertiary/aromatic N) is 2. The number of halogens is 1. The zero-order chi connectivity index (χ0) is 18.6. The van der Waals surface area contributed by atoms with Crippen molar-refractivity contribution in [3.05, 3.63) is 35.4 Å². The number of guanidine groups is 1. The fourth-order valence-electron chi connectivity index (χ4n) is 3.95. The van der Waals surface area contributed by atoms with Crippen LogP contribution >= 0.6 is 24.0 Å². The molecule has 1 aliphatic carbocycles. The maximum absolute atomic E-state index is 12.3. The summed E-state index contributed by atoms with van der Waals surface area (Å²) >= 11 is 0. The van der Waals surface area contributed by atoms with Gasteiger partial charge in [-0.15, -0.1) is 24.0 Å². The molecule has 5 nitrogen and oxygen atoms in total. The van der Waals surface area contributed by atoms with Crippen molar-refractivity contribution in [2.24, 2.45) is 10.4 Å². The van der Waals surface area contributed by atoms with E-state index >= 15 is 0 Å². The number of hydrogen-bond acceptors (Lipinski definition) is 2. The van der Waals surface area contributed by atoms with Crippen molar-refractivity contribution < 1.29 is 4.79 Å². The number of amides is 1. The molecule has 0 aromatic heterocycles. The van der Waals surface area contributed by atoms with E-state index in [1.807, 2.05) is 32.2 Å². The number of likely N-dealkylation sites (tertiary alicyclic amines) is 1. The van der Waals surface area contributed by atoms with Crippen LogP contribution in [-0.4, -0.2) is 42.9 Å². The van der Waals surface area contributed by atoms with E-state index in [2.05, 4.69) is 33.5 Å². The molecule has 1 spiro atoms. The molecule has 1 aliphatic heterocycles. The maximum Gasteiger partial charge on any atom is 0.251 e. The van der Waals surface area contributed by atoms with Crippen LogP contribution < -0.4 is 10.6 Å². The molecule has 27 heavy (non-hydrogen) atoms. The average molecular weight is 484 g/mol. The fourth-order valence-corrected chi connectivity index (χ4v) is 3.95. The summed E-state index contributed by atoms with van der Waals surface area (Å²) in [5.41, 5.74) is 2.38. The number of benzene rings is 1. The van der Waals surface area contributed by atoms with Crippen molar-refractivity contribution >= 4 is 35.8 Å². The van der Waals surface area contributed by atoms with Crippen LogP contribution in [0.5, 0.6) is 0 Å². The standard InChI is InChI=1S/C21H32N4O.HI/c1-4-16(2)24-19(26)18-8-5-7-17(13-18)14-23-20(22-3)25-12-11-21(15-25)9-6-10-21;/h5,7-8,13,16H,4,6,9-12,14-15H2,1-3H3,(H,22,23)(H,24,26);1H. The van der Waals surface area contributed by atoms with Gasteiger partial charge < -0.3 is 15.5 Å². The summed E-state index contributed by atoms with van der Waals surface area (Å²) in [6.45, 7) is 7.00. The van der Waals surface area contributed by atoms with E-state index in [9.17, 15) is 4.79 Å². The average Bonchev–Trinajstić information content (AvgIpc) is 3.08. The number of hydrogen-bond donors (Lipinski definition) is 2. The Labute approximate surface area is 180 Å². The van der Waals surface area contributed by atoms with Gasteiger partial charge in [0.1, 0.15) is 0 Å². The zero-order valence-corrected chi connectivity index (χ0v) is 19.1. The highest BCUT2D eigenvalue weighted by Gasteiger charge is 2.43. The van der Waals surface area contributed by atoms with E-state index in [0.717, 1.165) is 31.0 Å². The van der Waals surface area contributed by atoms with Gasteiger partial charge in [0.05, 0.1) is 0 Å². The molecule has 3 rings (SSSR count). The monoisotopic (exact) mass is 484 g/mol. The van der Waals surface area contributed by atoms with Crippen molar-refractivity contribution in [3.63, 3.8) is 0 Å². The smallest absolute Gasteiger partial charge is 0.251 e. The van der Waals surface area contributed by atoms with Crippen molar-refractivity contribution in [2.75, 3.05) is 20.1 Å². The Morgan fingerprint density at radius 2 is 2.11 bits per heavy atom. The molecule has 1 heterocycles. The number of carbonyl (C=O) groups excluding carboxylic acids is 1. The Hall–Kier alpha value is -1.31. The second kappa shape index (κ2) is 9.75. The second-order valence-electron chi connectivity index (χ2n) is 7.91. The topological polar surface area (TPSA) is 56.7 Å². The van der Waals surface area contributed by atoms with Crippen LogP contribution in [0.4, 0.5) is 0 Å². The van der Waals surface area contributed by atoms with E-state index in [0.29, 0.717) is 17.5 Å². The molecule has 150 valence electrons. The molecule has 2 aliphatic rings. The summed E-state index contributed by atoms with van der Waals surface area (Å²) in [6, 6.07) is 8.03. The summed E-state index contributed by atoms with van der Waals surface area (Å²) in [6.07, 6.45) is 6.34. The van der Waals surface area contributed by atoms with Gasteiger partial charge in [-0.05, 0) is 55.7 Å².